The van der Waals surface area contributed by atoms with Gasteiger partial charge in [-0.3, -0.25) is 9.59 Å². The van der Waals surface area contributed by atoms with Gasteiger partial charge in [0.25, 0.3) is 0 Å². The number of benzene rings is 1. The van der Waals surface area contributed by atoms with Crippen LogP contribution in [-0.2, 0) is 22.2 Å². The lowest BCUT2D eigenvalue weighted by molar-refractivity contribution is -0.145. The Morgan fingerprint density at radius 3 is 2.61 bits per heavy atom. The fourth-order valence-electron chi connectivity index (χ4n) is 1.88. The largest absolute Gasteiger partial charge is 0.481 e. The summed E-state index contributed by atoms with van der Waals surface area (Å²) in [6.07, 6.45) is -4.82. The Kier molecular flexibility index (Phi) is 2.76. The van der Waals surface area contributed by atoms with Crippen molar-refractivity contribution in [1.29, 1.82) is 0 Å². The first-order valence-corrected chi connectivity index (χ1v) is 5.03. The number of alkyl halides is 3. The zero-order valence-electron chi connectivity index (χ0n) is 8.91. The number of nitrogens with one attached hydrogen (secondary N) is 1. The molecule has 1 aromatic carbocycles. The maximum Gasteiger partial charge on any atom is 0.418 e. The van der Waals surface area contributed by atoms with Crippen LogP contribution in [0.15, 0.2) is 18.2 Å². The normalized spacial score (nSPS) is 19.1. The molecule has 4 nitrogen and oxygen atoms in total. The van der Waals surface area contributed by atoms with E-state index in [4.69, 9.17) is 5.11 Å². The van der Waals surface area contributed by atoms with E-state index < -0.39 is 29.5 Å². The number of amides is 1. The quantitative estimate of drug-likeness (QED) is 0.757. The Balaban J connectivity index is 2.49. The van der Waals surface area contributed by atoms with Crippen LogP contribution in [-0.4, -0.2) is 17.0 Å². The van der Waals surface area contributed by atoms with Gasteiger partial charge in [0, 0.05) is 0 Å². The van der Waals surface area contributed by atoms with Crippen molar-refractivity contribution in [3.8, 4) is 0 Å². The van der Waals surface area contributed by atoms with Gasteiger partial charge < -0.3 is 10.4 Å². The Morgan fingerprint density at radius 2 is 2.06 bits per heavy atom. The number of aliphatic carboxylic acids is 1. The molecule has 1 aliphatic heterocycles. The maximum absolute atomic E-state index is 12.7. The molecule has 0 fully saturated rings. The van der Waals surface area contributed by atoms with Gasteiger partial charge in [-0.1, -0.05) is 12.1 Å². The van der Waals surface area contributed by atoms with Gasteiger partial charge in [0.1, 0.15) is 5.92 Å². The molecule has 0 aromatic heterocycles. The summed E-state index contributed by atoms with van der Waals surface area (Å²) < 4.78 is 38.1. The van der Waals surface area contributed by atoms with Gasteiger partial charge in [0.05, 0.1) is 11.3 Å². The number of halogens is 3. The third kappa shape index (κ3) is 2.03. The minimum absolute atomic E-state index is 0.178. The van der Waals surface area contributed by atoms with E-state index in [1.165, 1.54) is 12.1 Å². The molecule has 1 aliphatic rings. The summed E-state index contributed by atoms with van der Waals surface area (Å²) >= 11 is 0. The Labute approximate surface area is 99.4 Å². The van der Waals surface area contributed by atoms with Gasteiger partial charge in [0.15, 0.2) is 0 Å². The highest BCUT2D eigenvalue weighted by atomic mass is 19.4. The fraction of sp³-hybridized carbons (Fsp3) is 0.273. The van der Waals surface area contributed by atoms with Gasteiger partial charge in [-0.25, -0.2) is 0 Å². The number of hydrogen-bond acceptors (Lipinski definition) is 2. The van der Waals surface area contributed by atoms with Crippen molar-refractivity contribution in [3.05, 3.63) is 29.3 Å². The van der Waals surface area contributed by atoms with E-state index in [1.807, 2.05) is 5.32 Å². The molecule has 2 rings (SSSR count). The molecule has 1 heterocycles. The predicted molar refractivity (Wildman–Crippen MR) is 54.9 cm³/mol. The molecular formula is C11H8F3NO3. The smallest absolute Gasteiger partial charge is 0.418 e. The van der Waals surface area contributed by atoms with Gasteiger partial charge in [0.2, 0.25) is 5.91 Å². The van der Waals surface area contributed by atoms with Crippen LogP contribution in [0, 0.1) is 5.92 Å². The molecule has 0 radical (unpaired) electrons. The molecular weight excluding hydrogens is 251 g/mol. The van der Waals surface area contributed by atoms with Crippen LogP contribution in [0.3, 0.4) is 0 Å². The first-order chi connectivity index (χ1) is 8.30. The van der Waals surface area contributed by atoms with Gasteiger partial charge in [-0.05, 0) is 18.1 Å². The molecule has 0 bridgehead atoms. The molecule has 0 aliphatic carbocycles. The SMILES string of the molecule is O=C(O)C1Cc2cccc(C(F)(F)F)c2NC1=O. The van der Waals surface area contributed by atoms with Crippen molar-refractivity contribution < 1.29 is 27.9 Å². The number of carbonyl (C=O) groups excluding carboxylic acids is 1. The van der Waals surface area contributed by atoms with E-state index >= 15 is 0 Å². The number of carboxylic acids is 1. The standard InChI is InChI=1S/C11H8F3NO3/c12-11(13,14)7-3-1-2-5-4-6(10(17)18)9(16)15-8(5)7/h1-3,6H,4H2,(H,15,16)(H,17,18). The highest BCUT2D eigenvalue weighted by Gasteiger charge is 2.39. The molecule has 2 N–H and O–H groups in total. The van der Waals surface area contributed by atoms with Gasteiger partial charge in [-0.15, -0.1) is 0 Å². The zero-order valence-corrected chi connectivity index (χ0v) is 8.91. The second kappa shape index (κ2) is 4.01. The van der Waals surface area contributed by atoms with Crippen LogP contribution in [0.4, 0.5) is 18.9 Å². The summed E-state index contributed by atoms with van der Waals surface area (Å²) in [4.78, 5) is 22.2. The average Bonchev–Trinajstić information content (AvgIpc) is 2.25. The molecule has 7 heteroatoms. The number of carbonyl (C=O) groups is 2. The van der Waals surface area contributed by atoms with Crippen LogP contribution >= 0.6 is 0 Å². The zero-order chi connectivity index (χ0) is 13.5. The lowest BCUT2D eigenvalue weighted by Crippen LogP contribution is -2.36. The predicted octanol–water partition coefficient (Wildman–Crippen LogP) is 1.90. The van der Waals surface area contributed by atoms with Crippen LogP contribution in [0.1, 0.15) is 11.1 Å². The highest BCUT2D eigenvalue weighted by molar-refractivity contribution is 6.07. The van der Waals surface area contributed by atoms with Crippen molar-refractivity contribution in [2.45, 2.75) is 12.6 Å². The average molecular weight is 259 g/mol. The van der Waals surface area contributed by atoms with Crippen molar-refractivity contribution in [2.24, 2.45) is 5.92 Å². The topological polar surface area (TPSA) is 66.4 Å². The number of rotatable bonds is 1. The first-order valence-electron chi connectivity index (χ1n) is 5.03. The Morgan fingerprint density at radius 1 is 1.39 bits per heavy atom. The van der Waals surface area contributed by atoms with Crippen molar-refractivity contribution in [1.82, 2.24) is 0 Å². The molecule has 0 saturated carbocycles. The second-order valence-corrected chi connectivity index (χ2v) is 3.92. The number of carboxylic acid groups (broad SMARTS) is 1. The molecule has 1 unspecified atom stereocenters. The van der Waals surface area contributed by atoms with Crippen molar-refractivity contribution in [2.75, 3.05) is 5.32 Å². The third-order valence-electron chi connectivity index (χ3n) is 2.74. The van der Waals surface area contributed by atoms with E-state index in [0.29, 0.717) is 0 Å². The minimum atomic E-state index is -4.59. The van der Waals surface area contributed by atoms with E-state index in [0.717, 1.165) is 6.07 Å². The summed E-state index contributed by atoms with van der Waals surface area (Å²) in [7, 11) is 0. The number of fused-ring (bicyclic) bond motifs is 1. The Bertz CT molecular complexity index is 525. The number of anilines is 1. The maximum atomic E-state index is 12.7. The van der Waals surface area contributed by atoms with Crippen molar-refractivity contribution in [3.63, 3.8) is 0 Å². The van der Waals surface area contributed by atoms with Crippen LogP contribution in [0.25, 0.3) is 0 Å². The van der Waals surface area contributed by atoms with Crippen molar-refractivity contribution >= 4 is 17.6 Å². The number of para-hydroxylation sites is 1. The van der Waals surface area contributed by atoms with Gasteiger partial charge in [-0.2, -0.15) is 13.2 Å². The van der Waals surface area contributed by atoms with Crippen LogP contribution in [0.2, 0.25) is 0 Å². The Hall–Kier alpha value is -2.05. The second-order valence-electron chi connectivity index (χ2n) is 3.92. The first kappa shape index (κ1) is 12.4. The summed E-state index contributed by atoms with van der Waals surface area (Å²) in [6, 6.07) is 3.41. The molecule has 1 atom stereocenters. The van der Waals surface area contributed by atoms with E-state index in [1.54, 1.807) is 0 Å². The third-order valence-corrected chi connectivity index (χ3v) is 2.74. The summed E-state index contributed by atoms with van der Waals surface area (Å²) in [6.45, 7) is 0. The molecule has 1 amide bonds. The molecule has 1 aromatic rings. The van der Waals surface area contributed by atoms with Crippen LogP contribution in [0.5, 0.6) is 0 Å². The fourth-order valence-corrected chi connectivity index (χ4v) is 1.88. The summed E-state index contributed by atoms with van der Waals surface area (Å²) in [5, 5.41) is 10.8. The minimum Gasteiger partial charge on any atom is -0.481 e. The number of hydrogen-bond donors (Lipinski definition) is 2. The lowest BCUT2D eigenvalue weighted by atomic mass is 9.91. The summed E-state index contributed by atoms with van der Waals surface area (Å²) in [5.41, 5.74) is -1.12. The lowest BCUT2D eigenvalue weighted by Gasteiger charge is -2.24. The van der Waals surface area contributed by atoms with Crippen LogP contribution < -0.4 is 5.32 Å². The highest BCUT2D eigenvalue weighted by Crippen LogP contribution is 2.39. The summed E-state index contributed by atoms with van der Waals surface area (Å²) in [5.74, 6) is -3.62. The van der Waals surface area contributed by atoms with E-state index in [-0.39, 0.29) is 17.7 Å². The molecule has 96 valence electrons. The molecule has 0 spiro atoms. The molecule has 0 saturated heterocycles. The van der Waals surface area contributed by atoms with Gasteiger partial charge >= 0.3 is 12.1 Å². The van der Waals surface area contributed by atoms with E-state index in [9.17, 15) is 22.8 Å². The molecule has 18 heavy (non-hydrogen) atoms. The van der Waals surface area contributed by atoms with E-state index in [2.05, 4.69) is 0 Å². The monoisotopic (exact) mass is 259 g/mol.